The number of likely N-dealkylation sites (N-methyl/N-ethyl adjacent to an activating group) is 1. The normalized spacial score (nSPS) is 19.8. The van der Waals surface area contributed by atoms with Crippen molar-refractivity contribution in [3.05, 3.63) is 29.5 Å². The van der Waals surface area contributed by atoms with Gasteiger partial charge in [-0.1, -0.05) is 0 Å². The zero-order valence-corrected chi connectivity index (χ0v) is 11.2. The standard InChI is InChI=1S/C13H17N3OS/c1-16(11-4-5-14-7-11)8-10-9-18-13(15-10)12-3-2-6-17-12/h2-3,6,9,11,14H,4-5,7-8H2,1H3. The minimum atomic E-state index is 0.638. The zero-order valence-electron chi connectivity index (χ0n) is 10.4. The summed E-state index contributed by atoms with van der Waals surface area (Å²) in [4.78, 5) is 7.00. The summed E-state index contributed by atoms with van der Waals surface area (Å²) < 4.78 is 5.36. The molecule has 2 aromatic rings. The highest BCUT2D eigenvalue weighted by Gasteiger charge is 2.20. The van der Waals surface area contributed by atoms with Gasteiger partial charge in [0.05, 0.1) is 12.0 Å². The van der Waals surface area contributed by atoms with Gasteiger partial charge in [-0.15, -0.1) is 11.3 Å². The summed E-state index contributed by atoms with van der Waals surface area (Å²) in [6.45, 7) is 3.12. The number of furan rings is 1. The number of hydrogen-bond donors (Lipinski definition) is 1. The van der Waals surface area contributed by atoms with E-state index in [2.05, 4.69) is 27.6 Å². The van der Waals surface area contributed by atoms with E-state index >= 15 is 0 Å². The SMILES string of the molecule is CN(Cc1csc(-c2ccco2)n1)C1CCNC1. The summed E-state index contributed by atoms with van der Waals surface area (Å²) in [5, 5.41) is 6.48. The second-order valence-corrected chi connectivity index (χ2v) is 5.54. The molecule has 1 saturated heterocycles. The van der Waals surface area contributed by atoms with Crippen LogP contribution in [0.3, 0.4) is 0 Å². The van der Waals surface area contributed by atoms with Crippen molar-refractivity contribution in [1.82, 2.24) is 15.2 Å². The molecular weight excluding hydrogens is 246 g/mol. The largest absolute Gasteiger partial charge is 0.462 e. The molecule has 0 aliphatic carbocycles. The highest BCUT2D eigenvalue weighted by atomic mass is 32.1. The van der Waals surface area contributed by atoms with Gasteiger partial charge >= 0.3 is 0 Å². The van der Waals surface area contributed by atoms with Gasteiger partial charge in [0.1, 0.15) is 0 Å². The molecule has 1 atom stereocenters. The molecule has 1 aliphatic heterocycles. The molecule has 0 spiro atoms. The van der Waals surface area contributed by atoms with Crippen molar-refractivity contribution in [2.45, 2.75) is 19.0 Å². The summed E-state index contributed by atoms with van der Waals surface area (Å²) in [6, 6.07) is 4.48. The fourth-order valence-electron chi connectivity index (χ4n) is 2.29. The molecule has 0 saturated carbocycles. The average molecular weight is 263 g/mol. The summed E-state index contributed by atoms with van der Waals surface area (Å²) in [7, 11) is 2.17. The minimum Gasteiger partial charge on any atom is -0.462 e. The summed E-state index contributed by atoms with van der Waals surface area (Å²) >= 11 is 1.64. The van der Waals surface area contributed by atoms with E-state index in [1.54, 1.807) is 17.6 Å². The van der Waals surface area contributed by atoms with Crippen molar-refractivity contribution in [3.63, 3.8) is 0 Å². The molecule has 5 heteroatoms. The third kappa shape index (κ3) is 2.48. The van der Waals surface area contributed by atoms with E-state index in [1.165, 1.54) is 6.42 Å². The van der Waals surface area contributed by atoms with Crippen LogP contribution in [0.25, 0.3) is 10.8 Å². The third-order valence-electron chi connectivity index (χ3n) is 3.35. The molecule has 0 radical (unpaired) electrons. The molecule has 96 valence electrons. The van der Waals surface area contributed by atoms with Crippen molar-refractivity contribution in [2.75, 3.05) is 20.1 Å². The van der Waals surface area contributed by atoms with E-state index in [0.29, 0.717) is 6.04 Å². The third-order valence-corrected chi connectivity index (χ3v) is 4.26. The predicted octanol–water partition coefficient (Wildman–Crippen LogP) is 2.20. The number of aromatic nitrogens is 1. The van der Waals surface area contributed by atoms with Crippen LogP contribution in [-0.2, 0) is 6.54 Å². The van der Waals surface area contributed by atoms with Gasteiger partial charge < -0.3 is 9.73 Å². The molecule has 1 aliphatic rings. The first-order chi connectivity index (χ1) is 8.83. The van der Waals surface area contributed by atoms with Gasteiger partial charge in [-0.05, 0) is 32.1 Å². The smallest absolute Gasteiger partial charge is 0.162 e. The molecule has 2 aromatic heterocycles. The summed E-state index contributed by atoms with van der Waals surface area (Å²) in [5.41, 5.74) is 1.13. The Balaban J connectivity index is 1.66. The lowest BCUT2D eigenvalue weighted by Crippen LogP contribution is -2.32. The van der Waals surface area contributed by atoms with Crippen LogP contribution in [0.4, 0.5) is 0 Å². The molecule has 3 heterocycles. The summed E-state index contributed by atoms with van der Waals surface area (Å²) in [5.74, 6) is 0.858. The average Bonchev–Trinajstić information content (AvgIpc) is 3.12. The van der Waals surface area contributed by atoms with Crippen LogP contribution in [0.2, 0.25) is 0 Å². The maximum atomic E-state index is 5.36. The molecule has 1 unspecified atom stereocenters. The number of rotatable bonds is 4. The van der Waals surface area contributed by atoms with Gasteiger partial charge in [0.25, 0.3) is 0 Å². The Morgan fingerprint density at radius 2 is 2.56 bits per heavy atom. The zero-order chi connectivity index (χ0) is 12.4. The molecule has 4 nitrogen and oxygen atoms in total. The van der Waals surface area contributed by atoms with Gasteiger partial charge in [0.15, 0.2) is 10.8 Å². The molecule has 0 amide bonds. The highest BCUT2D eigenvalue weighted by Crippen LogP contribution is 2.24. The Hall–Kier alpha value is -1.17. The maximum absolute atomic E-state index is 5.36. The lowest BCUT2D eigenvalue weighted by Gasteiger charge is -2.22. The lowest BCUT2D eigenvalue weighted by atomic mass is 10.2. The van der Waals surface area contributed by atoms with Crippen LogP contribution < -0.4 is 5.32 Å². The number of hydrogen-bond acceptors (Lipinski definition) is 5. The van der Waals surface area contributed by atoms with Crippen LogP contribution in [0, 0.1) is 0 Å². The summed E-state index contributed by atoms with van der Waals surface area (Å²) in [6.07, 6.45) is 2.92. The van der Waals surface area contributed by atoms with Crippen LogP contribution in [-0.4, -0.2) is 36.1 Å². The van der Waals surface area contributed by atoms with E-state index in [0.717, 1.165) is 36.1 Å². The molecule has 3 rings (SSSR count). The van der Waals surface area contributed by atoms with E-state index in [9.17, 15) is 0 Å². The molecular formula is C13H17N3OS. The molecule has 0 bridgehead atoms. The van der Waals surface area contributed by atoms with Crippen LogP contribution in [0.15, 0.2) is 28.2 Å². The van der Waals surface area contributed by atoms with Gasteiger partial charge in [0.2, 0.25) is 0 Å². The van der Waals surface area contributed by atoms with Gasteiger partial charge in [-0.2, -0.15) is 0 Å². The fraction of sp³-hybridized carbons (Fsp3) is 0.462. The topological polar surface area (TPSA) is 41.3 Å². The Bertz CT molecular complexity index is 488. The first-order valence-electron chi connectivity index (χ1n) is 6.22. The molecule has 18 heavy (non-hydrogen) atoms. The first-order valence-corrected chi connectivity index (χ1v) is 7.10. The molecule has 1 fully saturated rings. The monoisotopic (exact) mass is 263 g/mol. The Labute approximate surface area is 111 Å². The highest BCUT2D eigenvalue weighted by molar-refractivity contribution is 7.13. The van der Waals surface area contributed by atoms with Crippen molar-refractivity contribution in [1.29, 1.82) is 0 Å². The van der Waals surface area contributed by atoms with E-state index in [-0.39, 0.29) is 0 Å². The van der Waals surface area contributed by atoms with Crippen molar-refractivity contribution < 1.29 is 4.42 Å². The Morgan fingerprint density at radius 1 is 1.61 bits per heavy atom. The minimum absolute atomic E-state index is 0.638. The van der Waals surface area contributed by atoms with Gasteiger partial charge in [-0.25, -0.2) is 4.98 Å². The predicted molar refractivity (Wildman–Crippen MR) is 72.6 cm³/mol. The molecule has 1 N–H and O–H groups in total. The van der Waals surface area contributed by atoms with Crippen molar-refractivity contribution >= 4 is 11.3 Å². The second-order valence-electron chi connectivity index (χ2n) is 4.68. The first kappa shape index (κ1) is 11.9. The van der Waals surface area contributed by atoms with E-state index in [4.69, 9.17) is 4.42 Å². The van der Waals surface area contributed by atoms with E-state index < -0.39 is 0 Å². The van der Waals surface area contributed by atoms with Gasteiger partial charge in [-0.3, -0.25) is 4.90 Å². The Kier molecular flexibility index (Phi) is 3.45. The second kappa shape index (κ2) is 5.22. The van der Waals surface area contributed by atoms with Crippen molar-refractivity contribution in [2.24, 2.45) is 0 Å². The van der Waals surface area contributed by atoms with Crippen LogP contribution in [0.5, 0.6) is 0 Å². The number of nitrogens with one attached hydrogen (secondary N) is 1. The molecule has 0 aromatic carbocycles. The quantitative estimate of drug-likeness (QED) is 0.918. The van der Waals surface area contributed by atoms with Crippen LogP contribution in [0.1, 0.15) is 12.1 Å². The maximum Gasteiger partial charge on any atom is 0.162 e. The lowest BCUT2D eigenvalue weighted by molar-refractivity contribution is 0.246. The van der Waals surface area contributed by atoms with Crippen LogP contribution >= 0.6 is 11.3 Å². The van der Waals surface area contributed by atoms with Crippen molar-refractivity contribution in [3.8, 4) is 10.8 Å². The number of nitrogens with zero attached hydrogens (tertiary/aromatic N) is 2. The Morgan fingerprint density at radius 3 is 3.28 bits per heavy atom. The van der Waals surface area contributed by atoms with E-state index in [1.807, 2.05) is 12.1 Å². The number of thiazole rings is 1. The fourth-order valence-corrected chi connectivity index (χ4v) is 3.07. The van der Waals surface area contributed by atoms with Gasteiger partial charge in [0, 0.05) is 24.5 Å².